The van der Waals surface area contributed by atoms with Crippen LogP contribution in [-0.2, 0) is 11.2 Å². The van der Waals surface area contributed by atoms with Gasteiger partial charge in [0.05, 0.1) is 18.2 Å². The standard InChI is InChI=1S/C16H19NO3/c1-4-5-8-12-11(2)15(18)17-10-7-6-9-13(17)14(12)16(19)20-3/h6-7,9-10H,4-5,8H2,1-3H3. The summed E-state index contributed by atoms with van der Waals surface area (Å²) in [4.78, 5) is 24.5. The van der Waals surface area contributed by atoms with E-state index in [2.05, 4.69) is 6.92 Å². The monoisotopic (exact) mass is 273 g/mol. The lowest BCUT2D eigenvalue weighted by Crippen LogP contribution is -2.23. The highest BCUT2D eigenvalue weighted by molar-refractivity contribution is 5.98. The number of carbonyl (C=O) groups excluding carboxylic acids is 1. The number of nitrogens with zero attached hydrogens (tertiary/aromatic N) is 1. The molecule has 0 unspecified atom stereocenters. The molecule has 0 atom stereocenters. The average Bonchev–Trinajstić information content (AvgIpc) is 2.48. The lowest BCUT2D eigenvalue weighted by atomic mass is 9.97. The number of methoxy groups -OCH3 is 1. The van der Waals surface area contributed by atoms with E-state index in [1.807, 2.05) is 6.07 Å². The van der Waals surface area contributed by atoms with Crippen LogP contribution in [0.2, 0.25) is 0 Å². The van der Waals surface area contributed by atoms with E-state index in [-0.39, 0.29) is 11.5 Å². The molecule has 0 aromatic carbocycles. The number of aromatic nitrogens is 1. The van der Waals surface area contributed by atoms with Gasteiger partial charge in [-0.2, -0.15) is 0 Å². The number of rotatable bonds is 4. The third-order valence-corrected chi connectivity index (χ3v) is 3.58. The summed E-state index contributed by atoms with van der Waals surface area (Å²) in [5.74, 6) is -0.386. The Morgan fingerprint density at radius 1 is 1.35 bits per heavy atom. The van der Waals surface area contributed by atoms with Gasteiger partial charge in [0, 0.05) is 11.8 Å². The van der Waals surface area contributed by atoms with E-state index < -0.39 is 0 Å². The quantitative estimate of drug-likeness (QED) is 0.805. The Morgan fingerprint density at radius 3 is 2.75 bits per heavy atom. The third kappa shape index (κ3) is 2.33. The van der Waals surface area contributed by atoms with Gasteiger partial charge in [-0.25, -0.2) is 4.79 Å². The van der Waals surface area contributed by atoms with Crippen molar-refractivity contribution >= 4 is 11.5 Å². The molecule has 2 heterocycles. The van der Waals surface area contributed by atoms with Crippen LogP contribution in [0, 0.1) is 6.92 Å². The summed E-state index contributed by atoms with van der Waals surface area (Å²) in [5.41, 5.74) is 2.50. The minimum absolute atomic E-state index is 0.0700. The second-order valence-electron chi connectivity index (χ2n) is 4.83. The summed E-state index contributed by atoms with van der Waals surface area (Å²) in [6, 6.07) is 5.38. The van der Waals surface area contributed by atoms with Gasteiger partial charge in [0.1, 0.15) is 0 Å². The average molecular weight is 273 g/mol. The third-order valence-electron chi connectivity index (χ3n) is 3.58. The van der Waals surface area contributed by atoms with Crippen molar-refractivity contribution in [2.75, 3.05) is 7.11 Å². The maximum atomic E-state index is 12.4. The number of carbonyl (C=O) groups is 1. The molecule has 0 radical (unpaired) electrons. The van der Waals surface area contributed by atoms with Crippen LogP contribution in [0.4, 0.5) is 0 Å². The van der Waals surface area contributed by atoms with Crippen molar-refractivity contribution in [3.63, 3.8) is 0 Å². The largest absolute Gasteiger partial charge is 0.465 e. The molecular formula is C16H19NO3. The fraction of sp³-hybridized carbons (Fsp3) is 0.375. The van der Waals surface area contributed by atoms with Crippen LogP contribution in [0.1, 0.15) is 41.3 Å². The van der Waals surface area contributed by atoms with Crippen LogP contribution in [-0.4, -0.2) is 17.5 Å². The summed E-state index contributed by atoms with van der Waals surface area (Å²) < 4.78 is 6.42. The first-order valence-electron chi connectivity index (χ1n) is 6.83. The number of hydrogen-bond acceptors (Lipinski definition) is 3. The van der Waals surface area contributed by atoms with Crippen LogP contribution >= 0.6 is 0 Å². The van der Waals surface area contributed by atoms with Crippen molar-refractivity contribution in [3.05, 3.63) is 51.4 Å². The van der Waals surface area contributed by atoms with Crippen LogP contribution in [0.5, 0.6) is 0 Å². The number of ether oxygens (including phenoxy) is 1. The SMILES string of the molecule is CCCCc1c(C)c(=O)n2ccccc2c1C(=O)OC. The molecular weight excluding hydrogens is 254 g/mol. The fourth-order valence-corrected chi connectivity index (χ4v) is 2.47. The van der Waals surface area contributed by atoms with Gasteiger partial charge < -0.3 is 4.74 Å². The number of hydrogen-bond donors (Lipinski definition) is 0. The van der Waals surface area contributed by atoms with Gasteiger partial charge in [0.15, 0.2) is 0 Å². The molecule has 0 spiro atoms. The maximum Gasteiger partial charge on any atom is 0.340 e. The number of unbranched alkanes of at least 4 members (excludes halogenated alkanes) is 1. The predicted molar refractivity (Wildman–Crippen MR) is 78.4 cm³/mol. The first-order valence-corrected chi connectivity index (χ1v) is 6.83. The van der Waals surface area contributed by atoms with E-state index >= 15 is 0 Å². The zero-order valence-corrected chi connectivity index (χ0v) is 12.1. The Balaban J connectivity index is 2.84. The van der Waals surface area contributed by atoms with Crippen LogP contribution < -0.4 is 5.56 Å². The van der Waals surface area contributed by atoms with Crippen LogP contribution in [0.15, 0.2) is 29.2 Å². The van der Waals surface area contributed by atoms with E-state index in [4.69, 9.17) is 4.74 Å². The summed E-state index contributed by atoms with van der Waals surface area (Å²) in [7, 11) is 1.37. The van der Waals surface area contributed by atoms with Crippen molar-refractivity contribution < 1.29 is 9.53 Å². The lowest BCUT2D eigenvalue weighted by molar-refractivity contribution is 0.0601. The van der Waals surface area contributed by atoms with Crippen LogP contribution in [0.3, 0.4) is 0 Å². The minimum atomic E-state index is -0.386. The van der Waals surface area contributed by atoms with Crippen molar-refractivity contribution in [1.29, 1.82) is 0 Å². The van der Waals surface area contributed by atoms with Crippen molar-refractivity contribution in [2.24, 2.45) is 0 Å². The van der Waals surface area contributed by atoms with Gasteiger partial charge in [-0.15, -0.1) is 0 Å². The van der Waals surface area contributed by atoms with Crippen molar-refractivity contribution in [1.82, 2.24) is 4.40 Å². The number of esters is 1. The van der Waals surface area contributed by atoms with E-state index in [0.29, 0.717) is 23.1 Å². The fourth-order valence-electron chi connectivity index (χ4n) is 2.47. The molecule has 0 aliphatic heterocycles. The molecule has 0 aliphatic rings. The van der Waals surface area contributed by atoms with Gasteiger partial charge in [0.2, 0.25) is 0 Å². The molecule has 2 aromatic rings. The van der Waals surface area contributed by atoms with Crippen LogP contribution in [0.25, 0.3) is 5.52 Å². The normalized spacial score (nSPS) is 10.8. The van der Waals surface area contributed by atoms with Crippen molar-refractivity contribution in [3.8, 4) is 0 Å². The minimum Gasteiger partial charge on any atom is -0.465 e. The molecule has 0 aliphatic carbocycles. The van der Waals surface area contributed by atoms with Gasteiger partial charge in [-0.1, -0.05) is 19.4 Å². The molecule has 4 nitrogen and oxygen atoms in total. The maximum absolute atomic E-state index is 12.4. The van der Waals surface area contributed by atoms with Gasteiger partial charge in [-0.3, -0.25) is 9.20 Å². The Kier molecular flexibility index (Phi) is 4.23. The Labute approximate surface area is 118 Å². The van der Waals surface area contributed by atoms with E-state index in [9.17, 15) is 9.59 Å². The lowest BCUT2D eigenvalue weighted by Gasteiger charge is -2.14. The molecule has 0 saturated carbocycles. The summed E-state index contributed by atoms with van der Waals surface area (Å²) >= 11 is 0. The topological polar surface area (TPSA) is 47.8 Å². The molecule has 2 aromatic heterocycles. The summed E-state index contributed by atoms with van der Waals surface area (Å²) in [5, 5.41) is 0. The van der Waals surface area contributed by atoms with Crippen molar-refractivity contribution in [2.45, 2.75) is 33.1 Å². The van der Waals surface area contributed by atoms with E-state index in [0.717, 1.165) is 18.4 Å². The first-order chi connectivity index (χ1) is 9.61. The summed E-state index contributed by atoms with van der Waals surface area (Å²) in [6.45, 7) is 3.86. The zero-order chi connectivity index (χ0) is 14.7. The number of fused-ring (bicyclic) bond motifs is 1. The molecule has 4 heteroatoms. The van der Waals surface area contributed by atoms with Gasteiger partial charge in [-0.05, 0) is 37.5 Å². The molecule has 0 amide bonds. The second kappa shape index (κ2) is 5.90. The highest BCUT2D eigenvalue weighted by atomic mass is 16.5. The molecule has 106 valence electrons. The Bertz CT molecular complexity index is 701. The molecule has 0 fully saturated rings. The molecule has 20 heavy (non-hydrogen) atoms. The predicted octanol–water partition coefficient (Wildman–Crippen LogP) is 2.74. The summed E-state index contributed by atoms with van der Waals surface area (Å²) in [6.07, 6.45) is 4.34. The van der Waals surface area contributed by atoms with E-state index in [1.165, 1.54) is 11.5 Å². The Morgan fingerprint density at radius 2 is 2.10 bits per heavy atom. The van der Waals surface area contributed by atoms with Gasteiger partial charge >= 0.3 is 5.97 Å². The molecule has 2 rings (SSSR count). The zero-order valence-electron chi connectivity index (χ0n) is 12.1. The highest BCUT2D eigenvalue weighted by Gasteiger charge is 2.20. The molecule has 0 N–H and O–H groups in total. The molecule has 0 saturated heterocycles. The second-order valence-corrected chi connectivity index (χ2v) is 4.83. The van der Waals surface area contributed by atoms with Gasteiger partial charge in [0.25, 0.3) is 5.56 Å². The Hall–Kier alpha value is -2.10. The number of pyridine rings is 2. The smallest absolute Gasteiger partial charge is 0.340 e. The molecule has 0 bridgehead atoms. The first kappa shape index (κ1) is 14.3. The van der Waals surface area contributed by atoms with E-state index in [1.54, 1.807) is 25.3 Å². The highest BCUT2D eigenvalue weighted by Crippen LogP contribution is 2.20.